The lowest BCUT2D eigenvalue weighted by molar-refractivity contribution is -0.151. The van der Waals surface area contributed by atoms with Crippen LogP contribution in [0.1, 0.15) is 45.4 Å². The monoisotopic (exact) mass is 274 g/mol. The van der Waals surface area contributed by atoms with Gasteiger partial charge in [-0.25, -0.2) is 4.79 Å². The van der Waals surface area contributed by atoms with Gasteiger partial charge in [0.05, 0.1) is 5.92 Å². The smallest absolute Gasteiger partial charge is 0.331 e. The van der Waals surface area contributed by atoms with Gasteiger partial charge in [0, 0.05) is 6.08 Å². The fourth-order valence-corrected chi connectivity index (χ4v) is 3.33. The molecule has 108 valence electrons. The van der Waals surface area contributed by atoms with E-state index in [1.54, 1.807) is 0 Å². The van der Waals surface area contributed by atoms with Crippen LogP contribution in [0, 0.1) is 5.92 Å². The number of hydrogen-bond acceptors (Lipinski definition) is 3. The lowest BCUT2D eigenvalue weighted by Crippen LogP contribution is -2.45. The van der Waals surface area contributed by atoms with Crippen LogP contribution in [0.4, 0.5) is 0 Å². The van der Waals surface area contributed by atoms with Crippen molar-refractivity contribution in [3.63, 3.8) is 0 Å². The van der Waals surface area contributed by atoms with E-state index in [1.807, 2.05) is 6.92 Å². The largest absolute Gasteiger partial charge is 0.446 e. The lowest BCUT2D eigenvalue weighted by Gasteiger charge is -2.39. The molecule has 0 aromatic carbocycles. The van der Waals surface area contributed by atoms with E-state index in [-0.39, 0.29) is 5.92 Å². The molecule has 0 saturated heterocycles. The van der Waals surface area contributed by atoms with Gasteiger partial charge in [0.1, 0.15) is 6.29 Å². The molecule has 3 nitrogen and oxygen atoms in total. The molecular weight excluding hydrogens is 252 g/mol. The maximum atomic E-state index is 11.9. The Morgan fingerprint density at radius 1 is 1.30 bits per heavy atom. The van der Waals surface area contributed by atoms with Gasteiger partial charge < -0.3 is 9.53 Å². The standard InChI is InChI=1S/C17H22O3/c1-3-16(19)20-17(13(2)12-18,14-8-4-5-9-14)15-10-6-7-11-15/h3,8,10,12-13H,1,4-7,9,11H2,2H3. The molecule has 0 saturated carbocycles. The van der Waals surface area contributed by atoms with Crippen LogP contribution in [-0.4, -0.2) is 17.9 Å². The Labute approximate surface area is 120 Å². The van der Waals surface area contributed by atoms with Gasteiger partial charge in [0.2, 0.25) is 0 Å². The van der Waals surface area contributed by atoms with Crippen LogP contribution in [-0.2, 0) is 14.3 Å². The molecule has 0 N–H and O–H groups in total. The highest BCUT2D eigenvalue weighted by atomic mass is 16.6. The first kappa shape index (κ1) is 14.8. The van der Waals surface area contributed by atoms with E-state index in [0.717, 1.165) is 56.0 Å². The van der Waals surface area contributed by atoms with Crippen LogP contribution in [0.15, 0.2) is 36.0 Å². The zero-order valence-corrected chi connectivity index (χ0v) is 12.1. The topological polar surface area (TPSA) is 43.4 Å². The molecule has 1 atom stereocenters. The second-order valence-corrected chi connectivity index (χ2v) is 5.53. The molecule has 0 bridgehead atoms. The maximum Gasteiger partial charge on any atom is 0.331 e. The first-order valence-electron chi connectivity index (χ1n) is 7.35. The Kier molecular flexibility index (Phi) is 4.58. The minimum absolute atomic E-state index is 0.375. The predicted molar refractivity (Wildman–Crippen MR) is 78.1 cm³/mol. The molecule has 0 aliphatic heterocycles. The highest BCUT2D eigenvalue weighted by Gasteiger charge is 2.47. The SMILES string of the molecule is C=CC(=O)OC(C1=CCCC1)(C1=CCCC1)C(C)C=O. The van der Waals surface area contributed by atoms with Crippen molar-refractivity contribution in [1.29, 1.82) is 0 Å². The predicted octanol–water partition coefficient (Wildman–Crippen LogP) is 3.51. The van der Waals surface area contributed by atoms with E-state index in [4.69, 9.17) is 4.74 Å². The summed E-state index contributed by atoms with van der Waals surface area (Å²) in [5, 5.41) is 0. The fourth-order valence-electron chi connectivity index (χ4n) is 3.33. The maximum absolute atomic E-state index is 11.9. The van der Waals surface area contributed by atoms with Gasteiger partial charge in [-0.05, 0) is 49.7 Å². The minimum atomic E-state index is -0.875. The Balaban J connectivity index is 2.49. The van der Waals surface area contributed by atoms with Gasteiger partial charge in [-0.2, -0.15) is 0 Å². The van der Waals surface area contributed by atoms with Crippen LogP contribution in [0.2, 0.25) is 0 Å². The summed E-state index contributed by atoms with van der Waals surface area (Å²) in [7, 11) is 0. The van der Waals surface area contributed by atoms with Crippen LogP contribution in [0.25, 0.3) is 0 Å². The van der Waals surface area contributed by atoms with E-state index in [2.05, 4.69) is 18.7 Å². The van der Waals surface area contributed by atoms with Gasteiger partial charge in [0.15, 0.2) is 5.60 Å². The highest BCUT2D eigenvalue weighted by molar-refractivity contribution is 5.83. The van der Waals surface area contributed by atoms with E-state index >= 15 is 0 Å². The van der Waals surface area contributed by atoms with Crippen molar-refractivity contribution in [3.05, 3.63) is 36.0 Å². The molecular formula is C17H22O3. The second-order valence-electron chi connectivity index (χ2n) is 5.53. The van der Waals surface area contributed by atoms with Crippen molar-refractivity contribution in [3.8, 4) is 0 Å². The van der Waals surface area contributed by atoms with Crippen molar-refractivity contribution in [2.75, 3.05) is 0 Å². The first-order valence-corrected chi connectivity index (χ1v) is 7.35. The summed E-state index contributed by atoms with van der Waals surface area (Å²) in [6.07, 6.45) is 12.2. The Bertz CT molecular complexity index is 447. The normalized spacial score (nSPS) is 20.1. The van der Waals surface area contributed by atoms with Gasteiger partial charge in [0.25, 0.3) is 0 Å². The van der Waals surface area contributed by atoms with E-state index in [0.29, 0.717) is 0 Å². The highest BCUT2D eigenvalue weighted by Crippen LogP contribution is 2.45. The molecule has 0 amide bonds. The molecule has 2 aliphatic carbocycles. The average Bonchev–Trinajstić information content (AvgIpc) is 3.16. The van der Waals surface area contributed by atoms with Crippen molar-refractivity contribution in [2.24, 2.45) is 5.92 Å². The fraction of sp³-hybridized carbons (Fsp3) is 0.529. The number of carbonyl (C=O) groups is 2. The molecule has 1 unspecified atom stereocenters. The molecule has 0 radical (unpaired) electrons. The molecule has 0 aromatic rings. The quantitative estimate of drug-likeness (QED) is 0.322. The van der Waals surface area contributed by atoms with Crippen LogP contribution in [0.3, 0.4) is 0 Å². The van der Waals surface area contributed by atoms with Gasteiger partial charge >= 0.3 is 5.97 Å². The van der Waals surface area contributed by atoms with E-state index < -0.39 is 11.6 Å². The number of esters is 1. The van der Waals surface area contributed by atoms with Gasteiger partial charge in [-0.3, -0.25) is 0 Å². The summed E-state index contributed by atoms with van der Waals surface area (Å²) < 4.78 is 5.78. The third-order valence-electron chi connectivity index (χ3n) is 4.31. The molecule has 0 aromatic heterocycles. The molecule has 2 aliphatic rings. The number of rotatable bonds is 6. The molecule has 0 fully saturated rings. The summed E-state index contributed by atoms with van der Waals surface area (Å²) in [6, 6.07) is 0. The van der Waals surface area contributed by atoms with Gasteiger partial charge in [-0.15, -0.1) is 0 Å². The molecule has 0 spiro atoms. The molecule has 3 heteroatoms. The average molecular weight is 274 g/mol. The zero-order chi connectivity index (χ0) is 14.6. The lowest BCUT2D eigenvalue weighted by atomic mass is 9.75. The number of hydrogen-bond donors (Lipinski definition) is 0. The Morgan fingerprint density at radius 3 is 2.20 bits per heavy atom. The number of carbonyl (C=O) groups excluding carboxylic acids is 2. The summed E-state index contributed by atoms with van der Waals surface area (Å²) in [6.45, 7) is 5.32. The summed E-state index contributed by atoms with van der Waals surface area (Å²) in [4.78, 5) is 23.3. The van der Waals surface area contributed by atoms with Crippen molar-refractivity contribution < 1.29 is 14.3 Å². The van der Waals surface area contributed by atoms with Crippen LogP contribution in [0.5, 0.6) is 0 Å². The third kappa shape index (κ3) is 2.49. The zero-order valence-electron chi connectivity index (χ0n) is 12.1. The Hall–Kier alpha value is -1.64. The minimum Gasteiger partial charge on any atom is -0.446 e. The summed E-state index contributed by atoms with van der Waals surface area (Å²) in [5.41, 5.74) is 1.29. The molecule has 20 heavy (non-hydrogen) atoms. The van der Waals surface area contributed by atoms with Crippen molar-refractivity contribution >= 4 is 12.3 Å². The van der Waals surface area contributed by atoms with Gasteiger partial charge in [-0.1, -0.05) is 25.7 Å². The third-order valence-corrected chi connectivity index (χ3v) is 4.31. The van der Waals surface area contributed by atoms with Crippen molar-refractivity contribution in [2.45, 2.75) is 51.0 Å². The molecule has 0 heterocycles. The van der Waals surface area contributed by atoms with Crippen LogP contribution < -0.4 is 0 Å². The van der Waals surface area contributed by atoms with E-state index in [1.165, 1.54) is 6.08 Å². The summed E-state index contributed by atoms with van der Waals surface area (Å²) >= 11 is 0. The number of ether oxygens (including phenoxy) is 1. The Morgan fingerprint density at radius 2 is 1.85 bits per heavy atom. The summed E-state index contributed by atoms with van der Waals surface area (Å²) in [5.74, 6) is -0.834. The van der Waals surface area contributed by atoms with Crippen LogP contribution >= 0.6 is 0 Å². The number of allylic oxidation sites excluding steroid dienone is 2. The number of aldehydes is 1. The molecule has 2 rings (SSSR count). The second kappa shape index (κ2) is 6.21. The van der Waals surface area contributed by atoms with Crippen molar-refractivity contribution in [1.82, 2.24) is 0 Å². The first-order chi connectivity index (χ1) is 9.65. The van der Waals surface area contributed by atoms with E-state index in [9.17, 15) is 9.59 Å².